The molecule has 0 saturated heterocycles. The van der Waals surface area contributed by atoms with Crippen molar-refractivity contribution in [2.24, 2.45) is 5.16 Å². The molecule has 0 unspecified atom stereocenters. The standard InChI is InChI=1S/C24H18N2O3S/c1-16(26-29-24(28)21-15-25-22-10-6-5-9-20(21)22)23(27)17-11-13-19(14-12-17)30-18-7-3-2-4-8-18/h2-15,25H,1H3. The maximum absolute atomic E-state index is 12.6. The van der Waals surface area contributed by atoms with E-state index in [9.17, 15) is 9.59 Å². The summed E-state index contributed by atoms with van der Waals surface area (Å²) in [5.41, 5.74) is 1.79. The molecule has 0 saturated carbocycles. The van der Waals surface area contributed by atoms with E-state index in [1.165, 1.54) is 6.92 Å². The van der Waals surface area contributed by atoms with Gasteiger partial charge in [-0.3, -0.25) is 4.79 Å². The third-order valence-electron chi connectivity index (χ3n) is 4.50. The van der Waals surface area contributed by atoms with Crippen LogP contribution in [-0.2, 0) is 4.84 Å². The number of oxime groups is 1. The second-order valence-corrected chi connectivity index (χ2v) is 7.72. The Bertz CT molecular complexity index is 1230. The zero-order chi connectivity index (χ0) is 20.9. The first-order chi connectivity index (χ1) is 14.6. The van der Waals surface area contributed by atoms with Gasteiger partial charge in [0.15, 0.2) is 0 Å². The Hall–Kier alpha value is -3.64. The Kier molecular flexibility index (Phi) is 5.77. The number of rotatable bonds is 6. The number of ketones is 1. The number of para-hydroxylation sites is 1. The van der Waals surface area contributed by atoms with Gasteiger partial charge in [-0.25, -0.2) is 4.79 Å². The highest BCUT2D eigenvalue weighted by Gasteiger charge is 2.15. The number of hydrogen-bond acceptors (Lipinski definition) is 5. The van der Waals surface area contributed by atoms with Gasteiger partial charge in [0.25, 0.3) is 0 Å². The smallest absolute Gasteiger partial charge is 0.360 e. The average Bonchev–Trinajstić information content (AvgIpc) is 3.22. The minimum atomic E-state index is -0.616. The Morgan fingerprint density at radius 3 is 2.30 bits per heavy atom. The van der Waals surface area contributed by atoms with E-state index in [0.717, 1.165) is 20.7 Å². The molecule has 0 aliphatic rings. The third-order valence-corrected chi connectivity index (χ3v) is 5.51. The van der Waals surface area contributed by atoms with Crippen LogP contribution in [0.5, 0.6) is 0 Å². The summed E-state index contributed by atoms with van der Waals surface area (Å²) >= 11 is 1.62. The monoisotopic (exact) mass is 414 g/mol. The summed E-state index contributed by atoms with van der Waals surface area (Å²) in [5, 5.41) is 4.50. The van der Waals surface area contributed by atoms with E-state index < -0.39 is 5.97 Å². The van der Waals surface area contributed by atoms with Gasteiger partial charge >= 0.3 is 5.97 Å². The van der Waals surface area contributed by atoms with E-state index >= 15 is 0 Å². The molecule has 5 nitrogen and oxygen atoms in total. The van der Waals surface area contributed by atoms with E-state index in [4.69, 9.17) is 4.84 Å². The number of carbonyl (C=O) groups is 2. The van der Waals surface area contributed by atoms with Crippen molar-refractivity contribution in [1.29, 1.82) is 0 Å². The zero-order valence-electron chi connectivity index (χ0n) is 16.2. The maximum Gasteiger partial charge on any atom is 0.367 e. The molecule has 4 aromatic rings. The molecular formula is C24H18N2O3S. The molecule has 1 N–H and O–H groups in total. The van der Waals surface area contributed by atoms with Crippen LogP contribution in [0.15, 0.2) is 100 Å². The van der Waals surface area contributed by atoms with Gasteiger partial charge in [-0.15, -0.1) is 0 Å². The van der Waals surface area contributed by atoms with Crippen LogP contribution in [0.3, 0.4) is 0 Å². The second kappa shape index (κ2) is 8.80. The number of fused-ring (bicyclic) bond motifs is 1. The quantitative estimate of drug-likeness (QED) is 0.189. The molecule has 6 heteroatoms. The first-order valence-corrected chi connectivity index (χ1v) is 10.1. The number of aromatic nitrogens is 1. The van der Waals surface area contributed by atoms with Gasteiger partial charge in [-0.1, -0.05) is 53.3 Å². The molecule has 0 radical (unpaired) electrons. The van der Waals surface area contributed by atoms with Crippen LogP contribution in [-0.4, -0.2) is 22.4 Å². The predicted octanol–water partition coefficient (Wildman–Crippen LogP) is 5.73. The van der Waals surface area contributed by atoms with Crippen molar-refractivity contribution < 1.29 is 14.4 Å². The van der Waals surface area contributed by atoms with Crippen LogP contribution in [0.2, 0.25) is 0 Å². The molecule has 0 atom stereocenters. The highest BCUT2D eigenvalue weighted by molar-refractivity contribution is 7.99. The van der Waals surface area contributed by atoms with Crippen molar-refractivity contribution in [3.63, 3.8) is 0 Å². The molecule has 0 bridgehead atoms. The van der Waals surface area contributed by atoms with E-state index in [1.54, 1.807) is 30.1 Å². The number of nitrogens with one attached hydrogen (secondary N) is 1. The Morgan fingerprint density at radius 2 is 1.53 bits per heavy atom. The Balaban J connectivity index is 1.42. The molecule has 0 aliphatic heterocycles. The van der Waals surface area contributed by atoms with Gasteiger partial charge in [-0.05, 0) is 49.4 Å². The fourth-order valence-electron chi connectivity index (χ4n) is 2.95. The van der Waals surface area contributed by atoms with Crippen molar-refractivity contribution in [3.05, 3.63) is 96.2 Å². The van der Waals surface area contributed by atoms with Crippen LogP contribution in [0.4, 0.5) is 0 Å². The SMILES string of the molecule is CC(=NOC(=O)c1c[nH]c2ccccc12)C(=O)c1ccc(Sc2ccccc2)cc1. The second-order valence-electron chi connectivity index (χ2n) is 6.57. The molecule has 30 heavy (non-hydrogen) atoms. The Morgan fingerprint density at radius 1 is 0.867 bits per heavy atom. The number of hydrogen-bond donors (Lipinski definition) is 1. The molecule has 0 spiro atoms. The summed E-state index contributed by atoms with van der Waals surface area (Å²) in [6.07, 6.45) is 1.57. The van der Waals surface area contributed by atoms with E-state index in [1.807, 2.05) is 66.7 Å². The molecule has 3 aromatic carbocycles. The minimum absolute atomic E-state index is 0.103. The van der Waals surface area contributed by atoms with Gasteiger partial charge in [0.2, 0.25) is 5.78 Å². The van der Waals surface area contributed by atoms with Crippen LogP contribution < -0.4 is 0 Å². The molecule has 0 aliphatic carbocycles. The summed E-state index contributed by atoms with van der Waals surface area (Å²) in [6.45, 7) is 1.53. The van der Waals surface area contributed by atoms with Crippen molar-refractivity contribution in [2.45, 2.75) is 16.7 Å². The van der Waals surface area contributed by atoms with Crippen molar-refractivity contribution >= 4 is 40.1 Å². The van der Waals surface area contributed by atoms with Crippen LogP contribution >= 0.6 is 11.8 Å². The summed E-state index contributed by atoms with van der Waals surface area (Å²) in [4.78, 5) is 35.1. The van der Waals surface area contributed by atoms with Crippen molar-refractivity contribution in [1.82, 2.24) is 4.98 Å². The lowest BCUT2D eigenvalue weighted by Crippen LogP contribution is -2.12. The predicted molar refractivity (Wildman–Crippen MR) is 118 cm³/mol. The molecule has 0 amide bonds. The van der Waals surface area contributed by atoms with Gasteiger partial charge in [0, 0.05) is 32.5 Å². The van der Waals surface area contributed by atoms with Gasteiger partial charge in [0.05, 0.1) is 5.56 Å². The molecule has 1 heterocycles. The highest BCUT2D eigenvalue weighted by atomic mass is 32.2. The van der Waals surface area contributed by atoms with E-state index in [2.05, 4.69) is 10.1 Å². The van der Waals surface area contributed by atoms with Crippen LogP contribution in [0.25, 0.3) is 10.9 Å². The van der Waals surface area contributed by atoms with Crippen LogP contribution in [0, 0.1) is 0 Å². The molecule has 148 valence electrons. The third kappa shape index (κ3) is 4.34. The lowest BCUT2D eigenvalue weighted by molar-refractivity contribution is 0.0518. The van der Waals surface area contributed by atoms with E-state index in [-0.39, 0.29) is 11.5 Å². The lowest BCUT2D eigenvalue weighted by Gasteiger charge is -2.04. The summed E-state index contributed by atoms with van der Waals surface area (Å²) in [5.74, 6) is -0.910. The first-order valence-electron chi connectivity index (χ1n) is 9.31. The Labute approximate surface area is 177 Å². The fraction of sp³-hybridized carbons (Fsp3) is 0.0417. The largest absolute Gasteiger partial charge is 0.367 e. The normalized spacial score (nSPS) is 11.4. The average molecular weight is 414 g/mol. The first kappa shape index (κ1) is 19.7. The molecular weight excluding hydrogens is 396 g/mol. The van der Waals surface area contributed by atoms with Crippen molar-refractivity contribution in [3.8, 4) is 0 Å². The number of benzene rings is 3. The summed E-state index contributed by atoms with van der Waals surface area (Å²) < 4.78 is 0. The number of carbonyl (C=O) groups excluding carboxylic acids is 2. The number of nitrogens with zero attached hydrogens (tertiary/aromatic N) is 1. The zero-order valence-corrected chi connectivity index (χ0v) is 17.0. The van der Waals surface area contributed by atoms with Crippen LogP contribution in [0.1, 0.15) is 27.6 Å². The molecule has 0 fully saturated rings. The number of Topliss-reactive ketones (excluding diaryl/α,β-unsaturated/α-hetero) is 1. The molecule has 4 rings (SSSR count). The summed E-state index contributed by atoms with van der Waals surface area (Å²) in [7, 11) is 0. The lowest BCUT2D eigenvalue weighted by atomic mass is 10.1. The summed E-state index contributed by atoms with van der Waals surface area (Å²) in [6, 6.07) is 24.7. The highest BCUT2D eigenvalue weighted by Crippen LogP contribution is 2.27. The van der Waals surface area contributed by atoms with Gasteiger partial charge < -0.3 is 9.82 Å². The minimum Gasteiger partial charge on any atom is -0.360 e. The van der Waals surface area contributed by atoms with Gasteiger partial charge in [-0.2, -0.15) is 0 Å². The number of H-pyrrole nitrogens is 1. The van der Waals surface area contributed by atoms with Crippen molar-refractivity contribution in [2.75, 3.05) is 0 Å². The molecule has 1 aromatic heterocycles. The number of aromatic amines is 1. The topological polar surface area (TPSA) is 71.5 Å². The maximum atomic E-state index is 12.6. The van der Waals surface area contributed by atoms with E-state index in [0.29, 0.717) is 11.1 Å². The van der Waals surface area contributed by atoms with Gasteiger partial charge in [0.1, 0.15) is 5.71 Å². The fourth-order valence-corrected chi connectivity index (χ4v) is 3.79.